The minimum atomic E-state index is -0.395. The van der Waals surface area contributed by atoms with Crippen molar-refractivity contribution < 1.29 is 18.4 Å². The first-order valence-corrected chi connectivity index (χ1v) is 10.6. The summed E-state index contributed by atoms with van der Waals surface area (Å²) in [6.07, 6.45) is 1.42. The highest BCUT2D eigenvalue weighted by molar-refractivity contribution is 7.18. The SMILES string of the molecule is CC(C)(C)c1cc(NC(=O)c2ccc(NC(=O)c3ccco3)s2)n(-c2ccc(F)cc2)n1. The molecule has 0 radical (unpaired) electrons. The summed E-state index contributed by atoms with van der Waals surface area (Å²) in [4.78, 5) is 25.4. The fourth-order valence-corrected chi connectivity index (χ4v) is 3.70. The number of hydrogen-bond donors (Lipinski definition) is 2. The molecule has 2 N–H and O–H groups in total. The summed E-state index contributed by atoms with van der Waals surface area (Å²) in [7, 11) is 0. The van der Waals surface area contributed by atoms with Gasteiger partial charge in [0, 0.05) is 11.5 Å². The molecule has 4 rings (SSSR count). The molecular weight excluding hydrogens is 431 g/mol. The number of amides is 2. The third-order valence-electron chi connectivity index (χ3n) is 4.60. The van der Waals surface area contributed by atoms with E-state index >= 15 is 0 Å². The largest absolute Gasteiger partial charge is 0.459 e. The molecule has 3 aromatic heterocycles. The van der Waals surface area contributed by atoms with Crippen molar-refractivity contribution >= 4 is 34.0 Å². The van der Waals surface area contributed by atoms with Gasteiger partial charge in [0.1, 0.15) is 11.6 Å². The maximum absolute atomic E-state index is 13.4. The van der Waals surface area contributed by atoms with Crippen molar-refractivity contribution in [1.82, 2.24) is 9.78 Å². The molecule has 0 spiro atoms. The van der Waals surface area contributed by atoms with Gasteiger partial charge in [0.2, 0.25) is 0 Å². The van der Waals surface area contributed by atoms with Crippen molar-refractivity contribution in [2.45, 2.75) is 26.2 Å². The van der Waals surface area contributed by atoms with E-state index in [2.05, 4.69) is 15.7 Å². The summed E-state index contributed by atoms with van der Waals surface area (Å²) < 4.78 is 20.0. The average Bonchev–Trinajstić information content (AvgIpc) is 3.49. The van der Waals surface area contributed by atoms with Crippen LogP contribution in [0.5, 0.6) is 0 Å². The fraction of sp³-hybridized carbons (Fsp3) is 0.174. The maximum atomic E-state index is 13.4. The molecule has 0 saturated carbocycles. The topological polar surface area (TPSA) is 89.2 Å². The van der Waals surface area contributed by atoms with Gasteiger partial charge in [0.25, 0.3) is 11.8 Å². The third kappa shape index (κ3) is 4.62. The minimum absolute atomic E-state index is 0.183. The van der Waals surface area contributed by atoms with Gasteiger partial charge in [-0.1, -0.05) is 20.8 Å². The number of benzene rings is 1. The van der Waals surface area contributed by atoms with E-state index in [1.807, 2.05) is 20.8 Å². The standard InChI is InChI=1S/C23H21FN4O3S/c1-23(2,3)18-13-19(28(27-18)15-8-6-14(24)7-9-15)25-22(30)17-10-11-20(32-17)26-21(29)16-5-4-12-31-16/h4-13H,1-3H3,(H,25,30)(H,26,29). The highest BCUT2D eigenvalue weighted by atomic mass is 32.1. The third-order valence-corrected chi connectivity index (χ3v) is 5.60. The van der Waals surface area contributed by atoms with Gasteiger partial charge in [-0.3, -0.25) is 9.59 Å². The molecule has 0 aliphatic rings. The molecular formula is C23H21FN4O3S. The first-order valence-electron chi connectivity index (χ1n) is 9.83. The lowest BCUT2D eigenvalue weighted by Crippen LogP contribution is -2.14. The van der Waals surface area contributed by atoms with Gasteiger partial charge in [-0.15, -0.1) is 11.3 Å². The zero-order valence-electron chi connectivity index (χ0n) is 17.7. The number of thiophene rings is 1. The van der Waals surface area contributed by atoms with Crippen LogP contribution in [0.3, 0.4) is 0 Å². The van der Waals surface area contributed by atoms with E-state index < -0.39 is 5.91 Å². The highest BCUT2D eigenvalue weighted by Gasteiger charge is 2.22. The zero-order chi connectivity index (χ0) is 22.9. The number of carbonyl (C=O) groups is 2. The number of furan rings is 1. The van der Waals surface area contributed by atoms with E-state index in [0.717, 1.165) is 17.0 Å². The molecule has 0 unspecified atom stereocenters. The lowest BCUT2D eigenvalue weighted by Gasteiger charge is -2.14. The normalized spacial score (nSPS) is 11.4. The van der Waals surface area contributed by atoms with E-state index in [0.29, 0.717) is 21.4 Å². The molecule has 0 aliphatic carbocycles. The second kappa shape index (κ2) is 8.43. The van der Waals surface area contributed by atoms with Gasteiger partial charge in [0.05, 0.1) is 27.5 Å². The molecule has 0 saturated heterocycles. The van der Waals surface area contributed by atoms with Crippen LogP contribution in [0.25, 0.3) is 5.69 Å². The molecule has 0 atom stereocenters. The molecule has 164 valence electrons. The smallest absolute Gasteiger partial charge is 0.291 e. The number of halogens is 1. The second-order valence-electron chi connectivity index (χ2n) is 8.10. The van der Waals surface area contributed by atoms with Gasteiger partial charge in [-0.2, -0.15) is 5.10 Å². The lowest BCUT2D eigenvalue weighted by atomic mass is 9.92. The summed E-state index contributed by atoms with van der Waals surface area (Å²) in [5.41, 5.74) is 1.14. The van der Waals surface area contributed by atoms with Crippen LogP contribution in [0, 0.1) is 5.82 Å². The molecule has 1 aromatic carbocycles. The van der Waals surface area contributed by atoms with Crippen LogP contribution in [0.1, 0.15) is 46.7 Å². The van der Waals surface area contributed by atoms with Gasteiger partial charge in [-0.25, -0.2) is 9.07 Å². The predicted octanol–water partition coefficient (Wildman–Crippen LogP) is 5.47. The van der Waals surface area contributed by atoms with E-state index in [1.165, 1.54) is 18.4 Å². The van der Waals surface area contributed by atoms with Gasteiger partial charge < -0.3 is 15.1 Å². The van der Waals surface area contributed by atoms with Crippen molar-refractivity contribution in [3.8, 4) is 5.69 Å². The van der Waals surface area contributed by atoms with Crippen molar-refractivity contribution in [3.63, 3.8) is 0 Å². The summed E-state index contributed by atoms with van der Waals surface area (Å²) in [6, 6.07) is 14.1. The number of aromatic nitrogens is 2. The maximum Gasteiger partial charge on any atom is 0.291 e. The Hall–Kier alpha value is -3.72. The van der Waals surface area contributed by atoms with E-state index in [9.17, 15) is 14.0 Å². The van der Waals surface area contributed by atoms with E-state index in [4.69, 9.17) is 4.42 Å². The second-order valence-corrected chi connectivity index (χ2v) is 9.19. The van der Waals surface area contributed by atoms with E-state index in [-0.39, 0.29) is 22.9 Å². The molecule has 4 aromatic rings. The summed E-state index contributed by atoms with van der Waals surface area (Å²) in [5.74, 6) is -0.459. The van der Waals surface area contributed by atoms with Crippen molar-refractivity contribution in [2.24, 2.45) is 0 Å². The quantitative estimate of drug-likeness (QED) is 0.420. The zero-order valence-corrected chi connectivity index (χ0v) is 18.5. The number of hydrogen-bond acceptors (Lipinski definition) is 5. The molecule has 0 fully saturated rings. The summed E-state index contributed by atoms with van der Waals surface area (Å²) in [6.45, 7) is 6.05. The lowest BCUT2D eigenvalue weighted by molar-refractivity contribution is 0.0995. The van der Waals surface area contributed by atoms with E-state index in [1.54, 1.807) is 47.1 Å². The molecule has 7 nitrogen and oxygen atoms in total. The van der Waals surface area contributed by atoms with Gasteiger partial charge in [0.15, 0.2) is 5.76 Å². The molecule has 0 bridgehead atoms. The van der Waals surface area contributed by atoms with Gasteiger partial charge in [-0.05, 0) is 48.5 Å². The van der Waals surface area contributed by atoms with Crippen molar-refractivity contribution in [3.05, 3.63) is 83.0 Å². The van der Waals surface area contributed by atoms with Crippen LogP contribution in [-0.4, -0.2) is 21.6 Å². The number of nitrogens with one attached hydrogen (secondary N) is 2. The predicted molar refractivity (Wildman–Crippen MR) is 121 cm³/mol. The monoisotopic (exact) mass is 452 g/mol. The van der Waals surface area contributed by atoms with Crippen LogP contribution in [0.2, 0.25) is 0 Å². The average molecular weight is 453 g/mol. The van der Waals surface area contributed by atoms with Crippen LogP contribution in [0.4, 0.5) is 15.2 Å². The van der Waals surface area contributed by atoms with Crippen LogP contribution < -0.4 is 10.6 Å². The Kier molecular flexibility index (Phi) is 5.67. The first kappa shape index (κ1) is 21.5. The minimum Gasteiger partial charge on any atom is -0.459 e. The van der Waals surface area contributed by atoms with Gasteiger partial charge >= 0.3 is 0 Å². The summed E-state index contributed by atoms with van der Waals surface area (Å²) in [5, 5.41) is 10.7. The van der Waals surface area contributed by atoms with Crippen LogP contribution in [0.15, 0.2) is 65.3 Å². The fourth-order valence-electron chi connectivity index (χ4n) is 2.90. The Morgan fingerprint density at radius 2 is 1.78 bits per heavy atom. The first-order chi connectivity index (χ1) is 15.2. The number of carbonyl (C=O) groups excluding carboxylic acids is 2. The number of rotatable bonds is 5. The molecule has 9 heteroatoms. The number of anilines is 2. The molecule has 0 aliphatic heterocycles. The Labute approximate surface area is 187 Å². The van der Waals surface area contributed by atoms with Crippen LogP contribution >= 0.6 is 11.3 Å². The van der Waals surface area contributed by atoms with Crippen LogP contribution in [-0.2, 0) is 5.41 Å². The van der Waals surface area contributed by atoms with Crippen molar-refractivity contribution in [2.75, 3.05) is 10.6 Å². The highest BCUT2D eigenvalue weighted by Crippen LogP contribution is 2.28. The molecule has 32 heavy (non-hydrogen) atoms. The summed E-state index contributed by atoms with van der Waals surface area (Å²) >= 11 is 1.14. The Morgan fingerprint density at radius 3 is 2.44 bits per heavy atom. The Balaban J connectivity index is 1.56. The Bertz CT molecular complexity index is 1250. The Morgan fingerprint density at radius 1 is 1.03 bits per heavy atom. The van der Waals surface area contributed by atoms with Crippen molar-refractivity contribution in [1.29, 1.82) is 0 Å². The molecule has 2 amide bonds. The number of nitrogens with zero attached hydrogens (tertiary/aromatic N) is 2. The molecule has 3 heterocycles.